The molecule has 1 heterocycles. The zero-order valence-corrected chi connectivity index (χ0v) is 9.47. The Hall–Kier alpha value is -2.39. The molecule has 0 fully saturated rings. The highest BCUT2D eigenvalue weighted by atomic mass is 32.1. The zero-order chi connectivity index (χ0) is 12.3. The van der Waals surface area contributed by atoms with Crippen LogP contribution in [-0.4, -0.2) is 9.97 Å². The van der Waals surface area contributed by atoms with Gasteiger partial charge < -0.3 is 10.3 Å². The van der Waals surface area contributed by atoms with E-state index in [0.717, 1.165) is 5.69 Å². The Morgan fingerprint density at radius 1 is 1.24 bits per heavy atom. The lowest BCUT2D eigenvalue weighted by Gasteiger charge is -2.06. The van der Waals surface area contributed by atoms with E-state index in [1.807, 2.05) is 36.4 Å². The third-order valence-electron chi connectivity index (χ3n) is 2.10. The van der Waals surface area contributed by atoms with Crippen molar-refractivity contribution in [2.75, 3.05) is 5.32 Å². The Labute approximate surface area is 102 Å². The minimum Gasteiger partial charge on any atom is -0.340 e. The van der Waals surface area contributed by atoms with E-state index in [1.54, 1.807) is 0 Å². The fraction of sp³-hybridized carbons (Fsp3) is 0. The Balaban J connectivity index is 2.50. The number of hydrogen-bond acceptors (Lipinski definition) is 4. The highest BCUT2D eigenvalue weighted by Crippen LogP contribution is 2.14. The molecule has 0 unspecified atom stereocenters. The van der Waals surface area contributed by atoms with Crippen molar-refractivity contribution in [3.8, 4) is 6.07 Å². The maximum atomic E-state index is 11.5. The first kappa shape index (κ1) is 11.1. The largest absolute Gasteiger partial charge is 0.340 e. The molecule has 1 aromatic carbocycles. The molecule has 3 N–H and O–H groups in total. The second kappa shape index (κ2) is 4.63. The summed E-state index contributed by atoms with van der Waals surface area (Å²) in [5, 5.41) is 11.8. The third-order valence-corrected chi connectivity index (χ3v) is 2.30. The second-order valence-electron chi connectivity index (χ2n) is 3.26. The minimum atomic E-state index is -0.505. The molecule has 84 valence electrons. The number of aromatic amines is 2. The van der Waals surface area contributed by atoms with E-state index in [4.69, 9.17) is 17.5 Å². The third kappa shape index (κ3) is 2.41. The summed E-state index contributed by atoms with van der Waals surface area (Å²) in [5.74, 6) is 0.299. The van der Waals surface area contributed by atoms with Crippen molar-refractivity contribution < 1.29 is 0 Å². The standard InChI is InChI=1S/C11H8N4OS/c12-6-8-9(14-11(17)15-10(8)16)13-7-4-2-1-3-5-7/h1-5H,(H3,13,14,15,16,17). The lowest BCUT2D eigenvalue weighted by molar-refractivity contribution is 1.08. The predicted octanol–water partition coefficient (Wildman–Crippen LogP) is 2.05. The zero-order valence-electron chi connectivity index (χ0n) is 8.65. The van der Waals surface area contributed by atoms with Crippen molar-refractivity contribution in [2.45, 2.75) is 0 Å². The van der Waals surface area contributed by atoms with Crippen LogP contribution in [0.2, 0.25) is 0 Å². The van der Waals surface area contributed by atoms with Crippen LogP contribution in [0.4, 0.5) is 11.5 Å². The monoisotopic (exact) mass is 244 g/mol. The molecule has 0 saturated carbocycles. The summed E-state index contributed by atoms with van der Waals surface area (Å²) in [5.41, 5.74) is 0.234. The van der Waals surface area contributed by atoms with Crippen LogP contribution in [0.3, 0.4) is 0 Å². The van der Waals surface area contributed by atoms with Gasteiger partial charge in [-0.05, 0) is 24.4 Å². The highest BCUT2D eigenvalue weighted by Gasteiger charge is 2.07. The quantitative estimate of drug-likeness (QED) is 0.706. The van der Waals surface area contributed by atoms with Crippen molar-refractivity contribution in [3.63, 3.8) is 0 Å². The number of H-pyrrole nitrogens is 2. The molecule has 0 radical (unpaired) electrons. The minimum absolute atomic E-state index is 0.0255. The molecule has 0 saturated heterocycles. The second-order valence-corrected chi connectivity index (χ2v) is 3.67. The number of para-hydroxylation sites is 1. The average molecular weight is 244 g/mol. The van der Waals surface area contributed by atoms with Crippen molar-refractivity contribution in [1.29, 1.82) is 5.26 Å². The van der Waals surface area contributed by atoms with Crippen molar-refractivity contribution in [2.24, 2.45) is 0 Å². The van der Waals surface area contributed by atoms with Crippen LogP contribution in [0.5, 0.6) is 0 Å². The van der Waals surface area contributed by atoms with Gasteiger partial charge in [0.25, 0.3) is 5.56 Å². The summed E-state index contributed by atoms with van der Waals surface area (Å²) in [6.45, 7) is 0. The first-order valence-electron chi connectivity index (χ1n) is 4.79. The molecule has 0 atom stereocenters. The molecule has 5 nitrogen and oxygen atoms in total. The molecule has 17 heavy (non-hydrogen) atoms. The van der Waals surface area contributed by atoms with Gasteiger partial charge in [-0.25, -0.2) is 0 Å². The van der Waals surface area contributed by atoms with Crippen LogP contribution in [0.25, 0.3) is 0 Å². The number of benzene rings is 1. The molecular formula is C11H8N4OS. The van der Waals surface area contributed by atoms with E-state index in [1.165, 1.54) is 0 Å². The smallest absolute Gasteiger partial charge is 0.271 e. The Kier molecular flexibility index (Phi) is 3.03. The number of nitriles is 1. The number of nitrogens with zero attached hydrogens (tertiary/aromatic N) is 1. The number of rotatable bonds is 2. The van der Waals surface area contributed by atoms with Gasteiger partial charge in [-0.1, -0.05) is 18.2 Å². The summed E-state index contributed by atoms with van der Waals surface area (Å²) in [4.78, 5) is 16.6. The van der Waals surface area contributed by atoms with E-state index in [9.17, 15) is 4.79 Å². The van der Waals surface area contributed by atoms with Crippen molar-refractivity contribution in [3.05, 3.63) is 51.0 Å². The van der Waals surface area contributed by atoms with E-state index >= 15 is 0 Å². The van der Waals surface area contributed by atoms with Crippen LogP contribution in [-0.2, 0) is 0 Å². The molecule has 0 aliphatic carbocycles. The molecule has 0 amide bonds. The molecule has 2 rings (SSSR count). The van der Waals surface area contributed by atoms with Gasteiger partial charge >= 0.3 is 0 Å². The summed E-state index contributed by atoms with van der Waals surface area (Å²) in [7, 11) is 0. The first-order chi connectivity index (χ1) is 8.20. The van der Waals surface area contributed by atoms with Gasteiger partial charge in [0.2, 0.25) is 0 Å². The molecule has 0 spiro atoms. The van der Waals surface area contributed by atoms with Gasteiger partial charge in [0.05, 0.1) is 0 Å². The van der Waals surface area contributed by atoms with Gasteiger partial charge in [-0.2, -0.15) is 5.26 Å². The van der Waals surface area contributed by atoms with Gasteiger partial charge in [-0.15, -0.1) is 0 Å². The van der Waals surface area contributed by atoms with Crippen LogP contribution in [0, 0.1) is 16.1 Å². The normalized spacial score (nSPS) is 9.59. The van der Waals surface area contributed by atoms with E-state index < -0.39 is 5.56 Å². The summed E-state index contributed by atoms with van der Waals surface area (Å²) < 4.78 is 0.174. The fourth-order valence-corrected chi connectivity index (χ4v) is 1.55. The van der Waals surface area contributed by atoms with E-state index in [0.29, 0.717) is 5.82 Å². The summed E-state index contributed by atoms with van der Waals surface area (Å²) in [6, 6.07) is 11.0. The van der Waals surface area contributed by atoms with Crippen LogP contribution in [0.1, 0.15) is 5.56 Å². The summed E-state index contributed by atoms with van der Waals surface area (Å²) in [6.07, 6.45) is 0. The number of hydrogen-bond donors (Lipinski definition) is 3. The molecule has 0 aliphatic heterocycles. The van der Waals surface area contributed by atoms with Crippen molar-refractivity contribution >= 4 is 23.7 Å². The Morgan fingerprint density at radius 2 is 1.94 bits per heavy atom. The molecule has 0 bridgehead atoms. The SMILES string of the molecule is N#Cc1c(Nc2ccccc2)[nH]c(=S)[nH]c1=O. The molecule has 0 aliphatic rings. The number of anilines is 2. The van der Waals surface area contributed by atoms with Gasteiger partial charge in [0.1, 0.15) is 11.9 Å². The van der Waals surface area contributed by atoms with Gasteiger partial charge in [-0.3, -0.25) is 9.78 Å². The number of aromatic nitrogens is 2. The fourth-order valence-electron chi connectivity index (χ4n) is 1.35. The molecule has 6 heteroatoms. The number of nitrogens with one attached hydrogen (secondary N) is 3. The van der Waals surface area contributed by atoms with Gasteiger partial charge in [0.15, 0.2) is 10.3 Å². The maximum Gasteiger partial charge on any atom is 0.271 e. The van der Waals surface area contributed by atoms with Crippen molar-refractivity contribution in [1.82, 2.24) is 9.97 Å². The topological polar surface area (TPSA) is 84.5 Å². The molecular weight excluding hydrogens is 236 g/mol. The van der Waals surface area contributed by atoms with Crippen LogP contribution in [0.15, 0.2) is 35.1 Å². The van der Waals surface area contributed by atoms with E-state index in [2.05, 4.69) is 15.3 Å². The van der Waals surface area contributed by atoms with Crippen LogP contribution < -0.4 is 10.9 Å². The summed E-state index contributed by atoms with van der Waals surface area (Å²) >= 11 is 4.85. The lowest BCUT2D eigenvalue weighted by Crippen LogP contribution is -2.14. The van der Waals surface area contributed by atoms with E-state index in [-0.39, 0.29) is 10.3 Å². The predicted molar refractivity (Wildman–Crippen MR) is 66.7 cm³/mol. The van der Waals surface area contributed by atoms with Gasteiger partial charge in [0, 0.05) is 5.69 Å². The Bertz CT molecular complexity index is 681. The molecule has 2 aromatic rings. The van der Waals surface area contributed by atoms with Crippen LogP contribution >= 0.6 is 12.2 Å². The highest BCUT2D eigenvalue weighted by molar-refractivity contribution is 7.71. The Morgan fingerprint density at radius 3 is 2.59 bits per heavy atom. The molecule has 1 aromatic heterocycles. The maximum absolute atomic E-state index is 11.5. The lowest BCUT2D eigenvalue weighted by atomic mass is 10.3. The first-order valence-corrected chi connectivity index (χ1v) is 5.20. The average Bonchev–Trinajstić information content (AvgIpc) is 2.30.